The van der Waals surface area contributed by atoms with Crippen molar-refractivity contribution < 1.29 is 28.6 Å². The van der Waals surface area contributed by atoms with Gasteiger partial charge in [-0.05, 0) is 58.6 Å². The van der Waals surface area contributed by atoms with Crippen molar-refractivity contribution >= 4 is 23.4 Å². The monoisotopic (exact) mass is 429 g/mol. The Morgan fingerprint density at radius 3 is 2.61 bits per heavy atom. The van der Waals surface area contributed by atoms with E-state index in [9.17, 15) is 19.5 Å². The first-order valence-corrected chi connectivity index (χ1v) is 9.93. The molecule has 31 heavy (non-hydrogen) atoms. The van der Waals surface area contributed by atoms with Crippen molar-refractivity contribution in [1.29, 1.82) is 0 Å². The quantitative estimate of drug-likeness (QED) is 0.300. The lowest BCUT2D eigenvalue weighted by atomic mass is 9.97. The van der Waals surface area contributed by atoms with Crippen LogP contribution in [0.4, 0.5) is 0 Å². The highest BCUT2D eigenvalue weighted by atomic mass is 16.5. The Labute approximate surface area is 180 Å². The summed E-state index contributed by atoms with van der Waals surface area (Å²) in [6.07, 6.45) is 2.10. The average molecular weight is 429 g/mol. The number of methoxy groups -OCH3 is 1. The van der Waals surface area contributed by atoms with Gasteiger partial charge in [0.25, 0.3) is 11.7 Å². The molecule has 0 bridgehead atoms. The summed E-state index contributed by atoms with van der Waals surface area (Å²) in [4.78, 5) is 44.2. The number of carbonyl (C=O) groups excluding carboxylic acids is 3. The Morgan fingerprint density at radius 2 is 2.03 bits per heavy atom. The Bertz CT molecular complexity index is 1030. The van der Waals surface area contributed by atoms with Crippen LogP contribution in [0.15, 0.2) is 28.4 Å². The largest absolute Gasteiger partial charge is 0.507 e. The van der Waals surface area contributed by atoms with E-state index in [0.717, 1.165) is 6.54 Å². The van der Waals surface area contributed by atoms with Crippen LogP contribution in [0.25, 0.3) is 5.76 Å². The van der Waals surface area contributed by atoms with Crippen molar-refractivity contribution in [3.05, 3.63) is 52.2 Å². The smallest absolute Gasteiger partial charge is 0.354 e. The molecular formula is C22H27N3O6. The van der Waals surface area contributed by atoms with E-state index >= 15 is 0 Å². The summed E-state index contributed by atoms with van der Waals surface area (Å²) in [5, 5.41) is 11.2. The van der Waals surface area contributed by atoms with Crippen LogP contribution in [0.1, 0.15) is 45.5 Å². The number of ketones is 1. The van der Waals surface area contributed by atoms with Gasteiger partial charge in [0.15, 0.2) is 0 Å². The van der Waals surface area contributed by atoms with Gasteiger partial charge in [0.05, 0.1) is 18.9 Å². The van der Waals surface area contributed by atoms with Crippen molar-refractivity contribution in [2.75, 3.05) is 34.3 Å². The number of ether oxygens (including phenoxy) is 1. The molecule has 2 aromatic heterocycles. The number of aliphatic hydroxyl groups excluding tert-OH is 1. The number of likely N-dealkylation sites (tertiary alicyclic amines) is 1. The molecule has 2 N–H and O–H groups in total. The number of aromatic nitrogens is 1. The molecule has 1 saturated heterocycles. The van der Waals surface area contributed by atoms with Crippen molar-refractivity contribution in [3.63, 3.8) is 0 Å². The SMILES string of the molecule is COC(=O)c1[nH]c(C)c(/C(O)=C2\C(=O)C(=O)N(CCCN(C)C)C2c2ccco2)c1C. The molecule has 9 nitrogen and oxygen atoms in total. The first kappa shape index (κ1) is 22.4. The fourth-order valence-corrected chi connectivity index (χ4v) is 3.96. The number of Topliss-reactive ketones (excluding diaryl/α,β-unsaturated/α-hetero) is 1. The number of nitrogens with zero attached hydrogens (tertiary/aromatic N) is 2. The minimum atomic E-state index is -0.854. The molecule has 3 heterocycles. The molecule has 3 rings (SSSR count). The molecule has 0 saturated carbocycles. The van der Waals surface area contributed by atoms with Gasteiger partial charge in [-0.2, -0.15) is 0 Å². The maximum atomic E-state index is 13.0. The molecule has 9 heteroatoms. The van der Waals surface area contributed by atoms with E-state index in [2.05, 4.69) is 4.98 Å². The zero-order valence-corrected chi connectivity index (χ0v) is 18.3. The fourth-order valence-electron chi connectivity index (χ4n) is 3.96. The zero-order chi connectivity index (χ0) is 22.9. The van der Waals surface area contributed by atoms with Gasteiger partial charge in [-0.3, -0.25) is 9.59 Å². The van der Waals surface area contributed by atoms with Gasteiger partial charge in [-0.1, -0.05) is 0 Å². The van der Waals surface area contributed by atoms with Crippen LogP contribution < -0.4 is 0 Å². The number of esters is 1. The van der Waals surface area contributed by atoms with Gasteiger partial charge in [0.1, 0.15) is 23.3 Å². The maximum absolute atomic E-state index is 13.0. The summed E-state index contributed by atoms with van der Waals surface area (Å²) in [7, 11) is 5.11. The minimum absolute atomic E-state index is 0.0635. The van der Waals surface area contributed by atoms with E-state index in [-0.39, 0.29) is 17.0 Å². The number of aromatic amines is 1. The number of aliphatic hydroxyl groups is 1. The first-order valence-electron chi connectivity index (χ1n) is 9.93. The maximum Gasteiger partial charge on any atom is 0.354 e. The van der Waals surface area contributed by atoms with E-state index in [1.54, 1.807) is 26.0 Å². The fraction of sp³-hybridized carbons (Fsp3) is 0.409. The highest BCUT2D eigenvalue weighted by molar-refractivity contribution is 6.46. The third kappa shape index (κ3) is 4.00. The molecule has 0 aliphatic carbocycles. The van der Waals surface area contributed by atoms with Crippen LogP contribution in [0.2, 0.25) is 0 Å². The Morgan fingerprint density at radius 1 is 1.32 bits per heavy atom. The predicted molar refractivity (Wildman–Crippen MR) is 112 cm³/mol. The summed E-state index contributed by atoms with van der Waals surface area (Å²) in [6, 6.07) is 2.48. The molecule has 1 atom stereocenters. The van der Waals surface area contributed by atoms with Crippen molar-refractivity contribution in [2.24, 2.45) is 0 Å². The third-order valence-electron chi connectivity index (χ3n) is 5.42. The lowest BCUT2D eigenvalue weighted by molar-refractivity contribution is -0.140. The number of amides is 1. The molecule has 0 spiro atoms. The van der Waals surface area contributed by atoms with E-state index in [4.69, 9.17) is 9.15 Å². The molecular weight excluding hydrogens is 402 g/mol. The van der Waals surface area contributed by atoms with Gasteiger partial charge < -0.3 is 29.0 Å². The number of nitrogens with one attached hydrogen (secondary N) is 1. The van der Waals surface area contributed by atoms with E-state index in [1.165, 1.54) is 18.3 Å². The second-order valence-corrected chi connectivity index (χ2v) is 7.78. The van der Waals surface area contributed by atoms with Crippen LogP contribution in [0.3, 0.4) is 0 Å². The van der Waals surface area contributed by atoms with Crippen LogP contribution in [-0.4, -0.2) is 71.8 Å². The zero-order valence-electron chi connectivity index (χ0n) is 18.3. The number of carbonyl (C=O) groups is 3. The molecule has 2 aromatic rings. The number of hydrogen-bond donors (Lipinski definition) is 2. The lowest BCUT2D eigenvalue weighted by Gasteiger charge is -2.24. The Kier molecular flexibility index (Phi) is 6.35. The van der Waals surface area contributed by atoms with E-state index in [1.807, 2.05) is 19.0 Å². The molecule has 0 aromatic carbocycles. The van der Waals surface area contributed by atoms with Gasteiger partial charge in [-0.25, -0.2) is 4.79 Å². The summed E-state index contributed by atoms with van der Waals surface area (Å²) in [6.45, 7) is 4.36. The number of aryl methyl sites for hydroxylation is 1. The highest BCUT2D eigenvalue weighted by Gasteiger charge is 2.47. The topological polar surface area (TPSA) is 116 Å². The predicted octanol–water partition coefficient (Wildman–Crippen LogP) is 2.38. The second kappa shape index (κ2) is 8.81. The van der Waals surface area contributed by atoms with Crippen LogP contribution in [0.5, 0.6) is 0 Å². The summed E-state index contributed by atoms with van der Waals surface area (Å²) in [5.74, 6) is -2.05. The molecule has 1 fully saturated rings. The van der Waals surface area contributed by atoms with Gasteiger partial charge in [0.2, 0.25) is 0 Å². The molecule has 166 valence electrons. The molecule has 1 aliphatic rings. The van der Waals surface area contributed by atoms with Gasteiger partial charge in [-0.15, -0.1) is 0 Å². The summed E-state index contributed by atoms with van der Waals surface area (Å²) < 4.78 is 10.3. The number of furan rings is 1. The number of hydrogen-bond acceptors (Lipinski definition) is 7. The molecule has 1 amide bonds. The first-order chi connectivity index (χ1) is 14.7. The van der Waals surface area contributed by atoms with E-state index in [0.29, 0.717) is 35.5 Å². The normalized spacial score (nSPS) is 18.3. The van der Waals surface area contributed by atoms with Crippen molar-refractivity contribution in [2.45, 2.75) is 26.3 Å². The molecule has 1 unspecified atom stereocenters. The summed E-state index contributed by atoms with van der Waals surface area (Å²) >= 11 is 0. The van der Waals surface area contributed by atoms with Gasteiger partial charge >= 0.3 is 5.97 Å². The standard InChI is InChI=1S/C22H27N3O6/c1-12-15(13(2)23-17(12)22(29)30-5)19(26)16-18(14-8-6-11-31-14)25(21(28)20(16)27)10-7-9-24(3)4/h6,8,11,18,23,26H,7,9-10H2,1-5H3/b19-16+. The third-order valence-corrected chi connectivity index (χ3v) is 5.42. The van der Waals surface area contributed by atoms with Crippen LogP contribution in [0, 0.1) is 13.8 Å². The lowest BCUT2D eigenvalue weighted by Crippen LogP contribution is -2.32. The number of rotatable bonds is 7. The summed E-state index contributed by atoms with van der Waals surface area (Å²) in [5.41, 5.74) is 1.32. The Hall–Kier alpha value is -3.33. The molecule has 0 radical (unpaired) electrons. The van der Waals surface area contributed by atoms with E-state index < -0.39 is 23.7 Å². The average Bonchev–Trinajstić information content (AvgIpc) is 3.40. The van der Waals surface area contributed by atoms with Gasteiger partial charge in [0, 0.05) is 17.8 Å². The van der Waals surface area contributed by atoms with Crippen LogP contribution in [-0.2, 0) is 14.3 Å². The number of H-pyrrole nitrogens is 1. The second-order valence-electron chi connectivity index (χ2n) is 7.78. The highest BCUT2D eigenvalue weighted by Crippen LogP contribution is 2.41. The van der Waals surface area contributed by atoms with Crippen molar-refractivity contribution in [3.8, 4) is 0 Å². The van der Waals surface area contributed by atoms with Crippen LogP contribution >= 0.6 is 0 Å². The van der Waals surface area contributed by atoms with Crippen molar-refractivity contribution in [1.82, 2.24) is 14.8 Å². The molecule has 1 aliphatic heterocycles. The minimum Gasteiger partial charge on any atom is -0.507 e. The Balaban J connectivity index is 2.12.